The highest BCUT2D eigenvalue weighted by atomic mass is 32.1. The zero-order valence-corrected chi connectivity index (χ0v) is 16.3. The molecule has 0 bridgehead atoms. The van der Waals surface area contributed by atoms with Gasteiger partial charge in [0.25, 0.3) is 5.91 Å². The Balaban J connectivity index is 1.94. The van der Waals surface area contributed by atoms with Crippen molar-refractivity contribution >= 4 is 23.2 Å². The first-order valence-corrected chi connectivity index (χ1v) is 9.68. The summed E-state index contributed by atoms with van der Waals surface area (Å²) in [7, 11) is 0. The predicted molar refractivity (Wildman–Crippen MR) is 105 cm³/mol. The summed E-state index contributed by atoms with van der Waals surface area (Å²) >= 11 is 1.59. The lowest BCUT2D eigenvalue weighted by Crippen LogP contribution is -2.40. The molecular weight excluding hydrogens is 348 g/mol. The van der Waals surface area contributed by atoms with Gasteiger partial charge >= 0.3 is 0 Å². The SMILES string of the molecule is CCN(CC(=O)NCc1cccs1)C(=O)c1cccc(OCC(C)C)c1. The largest absolute Gasteiger partial charge is 0.493 e. The molecule has 0 aliphatic rings. The second kappa shape index (κ2) is 9.97. The highest BCUT2D eigenvalue weighted by molar-refractivity contribution is 7.09. The lowest BCUT2D eigenvalue weighted by molar-refractivity contribution is -0.121. The fourth-order valence-corrected chi connectivity index (χ4v) is 2.96. The minimum absolute atomic E-state index is 0.0395. The van der Waals surface area contributed by atoms with Gasteiger partial charge in [-0.1, -0.05) is 26.0 Å². The van der Waals surface area contributed by atoms with Crippen LogP contribution in [0.2, 0.25) is 0 Å². The third-order valence-corrected chi connectivity index (χ3v) is 4.58. The Morgan fingerprint density at radius 1 is 1.23 bits per heavy atom. The van der Waals surface area contributed by atoms with Crippen molar-refractivity contribution < 1.29 is 14.3 Å². The van der Waals surface area contributed by atoms with Crippen LogP contribution in [0.4, 0.5) is 0 Å². The molecule has 2 amide bonds. The van der Waals surface area contributed by atoms with E-state index in [2.05, 4.69) is 19.2 Å². The summed E-state index contributed by atoms with van der Waals surface area (Å²) in [5.74, 6) is 0.742. The molecule has 2 aromatic rings. The molecule has 0 saturated heterocycles. The summed E-state index contributed by atoms with van der Waals surface area (Å²) in [5.41, 5.74) is 0.527. The van der Waals surface area contributed by atoms with Crippen LogP contribution in [0.5, 0.6) is 5.75 Å². The Morgan fingerprint density at radius 2 is 2.04 bits per heavy atom. The number of ether oxygens (including phenoxy) is 1. The maximum Gasteiger partial charge on any atom is 0.254 e. The fourth-order valence-electron chi connectivity index (χ4n) is 2.32. The molecule has 1 N–H and O–H groups in total. The maximum absolute atomic E-state index is 12.7. The molecule has 0 aliphatic carbocycles. The van der Waals surface area contributed by atoms with E-state index in [1.807, 2.05) is 30.5 Å². The summed E-state index contributed by atoms with van der Waals surface area (Å²) in [6.45, 7) is 7.59. The number of carbonyl (C=O) groups is 2. The molecule has 26 heavy (non-hydrogen) atoms. The van der Waals surface area contributed by atoms with Crippen LogP contribution in [-0.4, -0.2) is 36.4 Å². The molecule has 1 aromatic carbocycles. The van der Waals surface area contributed by atoms with E-state index in [-0.39, 0.29) is 18.4 Å². The Bertz CT molecular complexity index is 714. The Morgan fingerprint density at radius 3 is 2.69 bits per heavy atom. The van der Waals surface area contributed by atoms with Crippen LogP contribution in [-0.2, 0) is 11.3 Å². The second-order valence-electron chi connectivity index (χ2n) is 6.41. The number of hydrogen-bond acceptors (Lipinski definition) is 4. The molecule has 0 unspecified atom stereocenters. The van der Waals surface area contributed by atoms with E-state index < -0.39 is 0 Å². The number of likely N-dealkylation sites (N-methyl/N-ethyl adjacent to an activating group) is 1. The molecule has 0 atom stereocenters. The maximum atomic E-state index is 12.7. The Hall–Kier alpha value is -2.34. The smallest absolute Gasteiger partial charge is 0.254 e. The number of thiophene rings is 1. The molecule has 0 fully saturated rings. The van der Waals surface area contributed by atoms with Gasteiger partial charge in [0.1, 0.15) is 5.75 Å². The van der Waals surface area contributed by atoms with Gasteiger partial charge in [0.15, 0.2) is 0 Å². The van der Waals surface area contributed by atoms with Crippen molar-refractivity contribution in [3.05, 3.63) is 52.2 Å². The van der Waals surface area contributed by atoms with E-state index in [0.29, 0.717) is 36.9 Å². The number of nitrogens with one attached hydrogen (secondary N) is 1. The van der Waals surface area contributed by atoms with Crippen molar-refractivity contribution in [2.24, 2.45) is 5.92 Å². The van der Waals surface area contributed by atoms with Gasteiger partial charge in [0.05, 0.1) is 19.7 Å². The Labute approximate surface area is 159 Å². The number of carbonyl (C=O) groups excluding carboxylic acids is 2. The predicted octanol–water partition coefficient (Wildman–Crippen LogP) is 3.56. The first kappa shape index (κ1) is 20.0. The van der Waals surface area contributed by atoms with Gasteiger partial charge < -0.3 is 15.0 Å². The zero-order chi connectivity index (χ0) is 18.9. The van der Waals surface area contributed by atoms with E-state index in [1.165, 1.54) is 4.90 Å². The number of hydrogen-bond donors (Lipinski definition) is 1. The minimum atomic E-state index is -0.172. The van der Waals surface area contributed by atoms with Crippen molar-refractivity contribution in [3.8, 4) is 5.75 Å². The van der Waals surface area contributed by atoms with Gasteiger partial charge in [-0.15, -0.1) is 11.3 Å². The third-order valence-electron chi connectivity index (χ3n) is 3.71. The van der Waals surface area contributed by atoms with Gasteiger partial charge in [-0.2, -0.15) is 0 Å². The fraction of sp³-hybridized carbons (Fsp3) is 0.400. The van der Waals surface area contributed by atoms with E-state index in [0.717, 1.165) is 4.88 Å². The lowest BCUT2D eigenvalue weighted by Gasteiger charge is -2.20. The van der Waals surface area contributed by atoms with Crippen LogP contribution >= 0.6 is 11.3 Å². The summed E-state index contributed by atoms with van der Waals surface area (Å²) in [4.78, 5) is 27.5. The van der Waals surface area contributed by atoms with Crippen LogP contribution < -0.4 is 10.1 Å². The van der Waals surface area contributed by atoms with Crippen molar-refractivity contribution in [1.29, 1.82) is 0 Å². The number of rotatable bonds is 9. The molecular formula is C20H26N2O3S. The molecule has 0 saturated carbocycles. The van der Waals surface area contributed by atoms with Crippen LogP contribution in [0.25, 0.3) is 0 Å². The second-order valence-corrected chi connectivity index (χ2v) is 7.44. The normalized spacial score (nSPS) is 10.6. The first-order chi connectivity index (χ1) is 12.5. The van der Waals surface area contributed by atoms with Crippen LogP contribution in [0.3, 0.4) is 0 Å². The molecule has 0 aliphatic heterocycles. The first-order valence-electron chi connectivity index (χ1n) is 8.80. The average Bonchev–Trinajstić information content (AvgIpc) is 3.16. The Kier molecular flexibility index (Phi) is 7.66. The summed E-state index contributed by atoms with van der Waals surface area (Å²) < 4.78 is 5.68. The topological polar surface area (TPSA) is 58.6 Å². The molecule has 0 spiro atoms. The van der Waals surface area contributed by atoms with Crippen LogP contribution in [0.1, 0.15) is 36.0 Å². The summed E-state index contributed by atoms with van der Waals surface area (Å²) in [5, 5.41) is 4.82. The van der Waals surface area contributed by atoms with E-state index in [1.54, 1.807) is 29.5 Å². The molecule has 140 valence electrons. The number of benzene rings is 1. The van der Waals surface area contributed by atoms with Crippen LogP contribution in [0, 0.1) is 5.92 Å². The third kappa shape index (κ3) is 6.19. The molecule has 0 radical (unpaired) electrons. The molecule has 6 heteroatoms. The lowest BCUT2D eigenvalue weighted by atomic mass is 10.2. The molecule has 2 rings (SSSR count). The number of nitrogens with zero attached hydrogens (tertiary/aromatic N) is 1. The monoisotopic (exact) mass is 374 g/mol. The quantitative estimate of drug-likeness (QED) is 0.730. The van der Waals surface area contributed by atoms with Crippen molar-refractivity contribution in [3.63, 3.8) is 0 Å². The van der Waals surface area contributed by atoms with Gasteiger partial charge in [-0.25, -0.2) is 0 Å². The highest BCUT2D eigenvalue weighted by Crippen LogP contribution is 2.16. The zero-order valence-electron chi connectivity index (χ0n) is 15.5. The molecule has 1 aromatic heterocycles. The van der Waals surface area contributed by atoms with Crippen LogP contribution in [0.15, 0.2) is 41.8 Å². The van der Waals surface area contributed by atoms with Crippen molar-refractivity contribution in [2.75, 3.05) is 19.7 Å². The van der Waals surface area contributed by atoms with Gasteiger partial charge in [-0.3, -0.25) is 9.59 Å². The molecule has 5 nitrogen and oxygen atoms in total. The van der Waals surface area contributed by atoms with Gasteiger partial charge in [0.2, 0.25) is 5.91 Å². The van der Waals surface area contributed by atoms with E-state index >= 15 is 0 Å². The minimum Gasteiger partial charge on any atom is -0.493 e. The van der Waals surface area contributed by atoms with Gasteiger partial charge in [-0.05, 0) is 42.5 Å². The molecule has 1 heterocycles. The summed E-state index contributed by atoms with van der Waals surface area (Å²) in [6.07, 6.45) is 0. The van der Waals surface area contributed by atoms with E-state index in [4.69, 9.17) is 4.74 Å². The highest BCUT2D eigenvalue weighted by Gasteiger charge is 2.18. The average molecular weight is 375 g/mol. The van der Waals surface area contributed by atoms with Crippen molar-refractivity contribution in [2.45, 2.75) is 27.3 Å². The standard InChI is InChI=1S/C20H26N2O3S/c1-4-22(13-19(23)21-12-18-9-6-10-26-18)20(24)16-7-5-8-17(11-16)25-14-15(2)3/h5-11,15H,4,12-14H2,1-3H3,(H,21,23). The number of amides is 2. The summed E-state index contributed by atoms with van der Waals surface area (Å²) in [6, 6.07) is 11.0. The van der Waals surface area contributed by atoms with Gasteiger partial charge in [0, 0.05) is 17.0 Å². The van der Waals surface area contributed by atoms with E-state index in [9.17, 15) is 9.59 Å². The van der Waals surface area contributed by atoms with Crippen molar-refractivity contribution in [1.82, 2.24) is 10.2 Å².